The van der Waals surface area contributed by atoms with Crippen LogP contribution in [0.4, 0.5) is 4.79 Å². The Morgan fingerprint density at radius 1 is 0.652 bits per heavy atom. The van der Waals surface area contributed by atoms with E-state index in [0.29, 0.717) is 36.0 Å². The number of hydrogen-bond donors (Lipinski definition) is 8. The number of para-hydroxylation sites is 1. The number of alkyl carbamates (subject to hydrolysis) is 1. The third-order valence-corrected chi connectivity index (χ3v) is 12.5. The molecule has 4 aromatic carbocycles. The number of unbranched alkanes of at least 4 members (excludes halogenated alkanes) is 1. The van der Waals surface area contributed by atoms with Gasteiger partial charge in [0.15, 0.2) is 0 Å². The molecule has 0 bridgehead atoms. The first-order valence-corrected chi connectivity index (χ1v) is 23.5. The number of aliphatic hydroxyl groups excluding tert-OH is 1. The summed E-state index contributed by atoms with van der Waals surface area (Å²) in [6.45, 7) is 1.82. The Bertz CT molecular complexity index is 2560. The maximum absolute atomic E-state index is 14.8. The molecule has 7 atom stereocenters. The lowest BCUT2D eigenvalue weighted by atomic mass is 10.00. The van der Waals surface area contributed by atoms with Crippen molar-refractivity contribution in [2.45, 2.75) is 107 Å². The van der Waals surface area contributed by atoms with Crippen LogP contribution >= 0.6 is 0 Å². The molecule has 1 aromatic heterocycles. The van der Waals surface area contributed by atoms with Crippen LogP contribution in [0.5, 0.6) is 0 Å². The molecule has 2 aliphatic rings. The van der Waals surface area contributed by atoms with Gasteiger partial charge in [0.25, 0.3) is 0 Å². The lowest BCUT2D eigenvalue weighted by molar-refractivity contribution is -0.143. The molecule has 0 aliphatic carbocycles. The van der Waals surface area contributed by atoms with Crippen molar-refractivity contribution in [2.75, 3.05) is 13.1 Å². The minimum Gasteiger partial charge on any atom is -0.445 e. The van der Waals surface area contributed by atoms with Crippen LogP contribution in [0, 0.1) is 0 Å². The van der Waals surface area contributed by atoms with E-state index in [4.69, 9.17) is 4.74 Å². The van der Waals surface area contributed by atoms with Crippen molar-refractivity contribution >= 4 is 52.4 Å². The number of ether oxygens (including phenoxy) is 1. The largest absolute Gasteiger partial charge is 0.445 e. The Kier molecular flexibility index (Phi) is 17.1. The first-order chi connectivity index (χ1) is 33.4. The normalized spacial score (nSPS) is 22.2. The van der Waals surface area contributed by atoms with E-state index in [1.54, 1.807) is 66.9 Å². The van der Waals surface area contributed by atoms with Crippen molar-refractivity contribution in [1.29, 1.82) is 0 Å². The molecule has 3 heterocycles. The predicted molar refractivity (Wildman–Crippen MR) is 257 cm³/mol. The van der Waals surface area contributed by atoms with Crippen LogP contribution in [0.2, 0.25) is 0 Å². The Morgan fingerprint density at radius 3 is 1.83 bits per heavy atom. The smallest absolute Gasteiger partial charge is 0.407 e. The summed E-state index contributed by atoms with van der Waals surface area (Å²) in [7, 11) is 0. The lowest BCUT2D eigenvalue weighted by Gasteiger charge is -2.32. The number of carbonyl (C=O) groups excluding carboxylic acids is 7. The van der Waals surface area contributed by atoms with E-state index in [2.05, 4.69) is 36.9 Å². The van der Waals surface area contributed by atoms with E-state index in [0.717, 1.165) is 16.5 Å². The standard InChI is InChI=1S/C52H60N8O9/c1-33(61)45-50(66)58-41(28-34-16-5-2-6-17-34)46(62)56-43(30-37-31-54-39-23-12-11-22-38(37)39)47(63)55-40(24-13-14-26-53-52(68)69-32-36-20-9-4-10-21-36)51(67)60-27-15-25-44(60)49(65)57-42(48(64)59-45)29-35-18-7-3-8-19-35/h2-12,16-23,31,33,40-45,54,61H,13-15,24-30,32H2,1H3,(H,53,68)(H,55,63)(H,56,62)(H,57,65)(H,58,66)(H,59,64)/t33-,40+,41+,42+,43+,44-,45+/m1/s1. The number of amides is 7. The van der Waals surface area contributed by atoms with Crippen LogP contribution in [0.3, 0.4) is 0 Å². The number of rotatable bonds is 14. The second-order valence-electron chi connectivity index (χ2n) is 17.6. The van der Waals surface area contributed by atoms with E-state index in [9.17, 15) is 38.7 Å². The fraction of sp³-hybridized carbons (Fsp3) is 0.365. The Hall–Kier alpha value is -7.53. The van der Waals surface area contributed by atoms with Gasteiger partial charge in [-0.1, -0.05) is 109 Å². The van der Waals surface area contributed by atoms with Crippen LogP contribution in [0.15, 0.2) is 121 Å². The molecule has 2 aliphatic heterocycles. The number of nitrogens with zero attached hydrogens (tertiary/aromatic N) is 1. The number of aromatic amines is 1. The van der Waals surface area contributed by atoms with Crippen molar-refractivity contribution in [1.82, 2.24) is 41.8 Å². The molecular weight excluding hydrogens is 881 g/mol. The zero-order valence-corrected chi connectivity index (χ0v) is 38.5. The van der Waals surface area contributed by atoms with Crippen molar-refractivity contribution < 1.29 is 43.4 Å². The minimum absolute atomic E-state index is 0.0105. The van der Waals surface area contributed by atoms with Gasteiger partial charge in [0.05, 0.1) is 6.10 Å². The molecule has 0 saturated carbocycles. The summed E-state index contributed by atoms with van der Waals surface area (Å²) in [6, 6.07) is 27.0. The number of H-pyrrole nitrogens is 1. The van der Waals surface area contributed by atoms with E-state index in [-0.39, 0.29) is 51.8 Å². The fourth-order valence-corrected chi connectivity index (χ4v) is 8.78. The molecule has 7 rings (SSSR count). The van der Waals surface area contributed by atoms with Gasteiger partial charge >= 0.3 is 6.09 Å². The predicted octanol–water partition coefficient (Wildman–Crippen LogP) is 3.10. The average molecular weight is 941 g/mol. The zero-order chi connectivity index (χ0) is 48.7. The van der Waals surface area contributed by atoms with E-state index < -0.39 is 83.9 Å². The van der Waals surface area contributed by atoms with Crippen LogP contribution in [-0.2, 0) is 59.4 Å². The van der Waals surface area contributed by atoms with Gasteiger partial charge in [-0.2, -0.15) is 0 Å². The summed E-state index contributed by atoms with van der Waals surface area (Å²) in [4.78, 5) is 104. The Morgan fingerprint density at radius 2 is 1.19 bits per heavy atom. The van der Waals surface area contributed by atoms with Gasteiger partial charge < -0.3 is 51.6 Å². The van der Waals surface area contributed by atoms with Gasteiger partial charge in [0, 0.05) is 49.5 Å². The Labute approximate surface area is 400 Å². The maximum atomic E-state index is 14.8. The number of hydrogen-bond acceptors (Lipinski definition) is 9. The van der Waals surface area contributed by atoms with Gasteiger partial charge in [0.2, 0.25) is 35.4 Å². The summed E-state index contributed by atoms with van der Waals surface area (Å²) in [5.74, 6) is -4.18. The highest BCUT2D eigenvalue weighted by Crippen LogP contribution is 2.23. The molecule has 8 N–H and O–H groups in total. The van der Waals surface area contributed by atoms with Gasteiger partial charge in [0.1, 0.15) is 42.9 Å². The van der Waals surface area contributed by atoms with Crippen molar-refractivity contribution in [3.63, 3.8) is 0 Å². The van der Waals surface area contributed by atoms with E-state index in [1.807, 2.05) is 54.6 Å². The number of nitrogens with one attached hydrogen (secondary N) is 7. The molecule has 0 unspecified atom stereocenters. The molecule has 69 heavy (non-hydrogen) atoms. The molecule has 0 spiro atoms. The number of carbonyl (C=O) groups is 7. The molecule has 2 fully saturated rings. The summed E-state index contributed by atoms with van der Waals surface area (Å²) >= 11 is 0. The van der Waals surface area contributed by atoms with E-state index in [1.165, 1.54) is 11.8 Å². The van der Waals surface area contributed by atoms with E-state index >= 15 is 0 Å². The first-order valence-electron chi connectivity index (χ1n) is 23.5. The summed E-state index contributed by atoms with van der Waals surface area (Å²) < 4.78 is 5.34. The molecule has 362 valence electrons. The highest BCUT2D eigenvalue weighted by Gasteiger charge is 2.41. The SMILES string of the molecule is C[C@@H](O)[C@@H]1NC(=O)[C@H](Cc2ccccc2)NC(=O)[C@H]2CCCN2C(=O)[C@H](CCCCNC(=O)OCc2ccccc2)NC(=O)[C@H](Cc2c[nH]c3ccccc23)NC(=O)[C@H](Cc2ccccc2)NC1=O. The third-order valence-electron chi connectivity index (χ3n) is 12.5. The van der Waals surface area contributed by atoms with Crippen molar-refractivity contribution in [2.24, 2.45) is 0 Å². The molecule has 2 saturated heterocycles. The van der Waals surface area contributed by atoms with Gasteiger partial charge in [-0.25, -0.2) is 4.79 Å². The van der Waals surface area contributed by atoms with Gasteiger partial charge in [-0.3, -0.25) is 28.8 Å². The fourth-order valence-electron chi connectivity index (χ4n) is 8.78. The number of fused-ring (bicyclic) bond motifs is 2. The average Bonchev–Trinajstić information content (AvgIpc) is 4.02. The van der Waals surface area contributed by atoms with Crippen LogP contribution < -0.4 is 31.9 Å². The lowest BCUT2D eigenvalue weighted by Crippen LogP contribution is -2.63. The zero-order valence-electron chi connectivity index (χ0n) is 38.5. The topological polar surface area (TPSA) is 240 Å². The minimum atomic E-state index is -1.57. The molecule has 7 amide bonds. The monoisotopic (exact) mass is 940 g/mol. The van der Waals surface area contributed by atoms with Gasteiger partial charge in [-0.05, 0) is 67.3 Å². The summed E-state index contributed by atoms with van der Waals surface area (Å²) in [5, 5.41) is 28.5. The molecule has 17 nitrogen and oxygen atoms in total. The summed E-state index contributed by atoms with van der Waals surface area (Å²) in [5.41, 5.74) is 3.70. The molecule has 17 heteroatoms. The third kappa shape index (κ3) is 13.6. The number of benzene rings is 4. The first kappa shape index (κ1) is 49.4. The van der Waals surface area contributed by atoms with Crippen LogP contribution in [0.25, 0.3) is 10.9 Å². The highest BCUT2D eigenvalue weighted by molar-refractivity contribution is 5.99. The molecular formula is C52H60N8O9. The maximum Gasteiger partial charge on any atom is 0.407 e. The highest BCUT2D eigenvalue weighted by atomic mass is 16.5. The van der Waals surface area contributed by atoms with Crippen molar-refractivity contribution in [3.8, 4) is 0 Å². The summed E-state index contributed by atoms with van der Waals surface area (Å²) in [6.07, 6.45) is 1.25. The quantitative estimate of drug-likeness (QED) is 0.0763. The van der Waals surface area contributed by atoms with Crippen LogP contribution in [-0.4, -0.2) is 112 Å². The van der Waals surface area contributed by atoms with Crippen LogP contribution in [0.1, 0.15) is 61.3 Å². The second-order valence-corrected chi connectivity index (χ2v) is 17.6. The Balaban J connectivity index is 1.20. The number of aromatic nitrogens is 1. The second kappa shape index (κ2) is 24.0. The number of aliphatic hydroxyl groups is 1. The van der Waals surface area contributed by atoms with Crippen molar-refractivity contribution in [3.05, 3.63) is 144 Å². The molecule has 0 radical (unpaired) electrons. The van der Waals surface area contributed by atoms with Gasteiger partial charge in [-0.15, -0.1) is 0 Å². The molecule has 5 aromatic rings.